The number of nitrogens with one attached hydrogen (secondary N) is 1. The summed E-state index contributed by atoms with van der Waals surface area (Å²) >= 11 is 0. The Hall–Kier alpha value is -3.02. The van der Waals surface area contributed by atoms with Gasteiger partial charge >= 0.3 is 0 Å². The van der Waals surface area contributed by atoms with Gasteiger partial charge in [-0.1, -0.05) is 13.8 Å². The van der Waals surface area contributed by atoms with Gasteiger partial charge in [-0.15, -0.1) is 0 Å². The maximum Gasteiger partial charge on any atom is 0.255 e. The van der Waals surface area contributed by atoms with Gasteiger partial charge < -0.3 is 20.2 Å². The van der Waals surface area contributed by atoms with Gasteiger partial charge in [0, 0.05) is 17.6 Å². The second-order valence-corrected chi connectivity index (χ2v) is 4.96. The van der Waals surface area contributed by atoms with Crippen LogP contribution in [0.5, 0.6) is 5.75 Å². The van der Waals surface area contributed by atoms with E-state index in [1.807, 2.05) is 45.0 Å². The molecule has 6 nitrogen and oxygen atoms in total. The van der Waals surface area contributed by atoms with Crippen LogP contribution in [0.15, 0.2) is 47.0 Å². The summed E-state index contributed by atoms with van der Waals surface area (Å²) in [7, 11) is 0. The molecule has 2 aromatic heterocycles. The lowest BCUT2D eigenvalue weighted by molar-refractivity contribution is 0.0949. The van der Waals surface area contributed by atoms with E-state index in [0.717, 1.165) is 16.7 Å². The molecule has 0 fully saturated rings. The molecule has 6 heteroatoms. The molecule has 3 N–H and O–H groups in total. The summed E-state index contributed by atoms with van der Waals surface area (Å²) in [5.74, 6) is 1.33. The standard InChI is InChI=1S/C17H17N3O3.C2H6/c1-2-22-12-6-5-11-8-13(23-15(11)9-12)10-20-17(21)14-4-3-7-19-16(14)18;1-2/h3-9H,2,10H2,1H3,(H2,18,19)(H,20,21);1-2H3. The number of anilines is 1. The normalized spacial score (nSPS) is 10.0. The second-order valence-electron chi connectivity index (χ2n) is 4.96. The lowest BCUT2D eigenvalue weighted by Crippen LogP contribution is -2.23. The van der Waals surface area contributed by atoms with Crippen molar-refractivity contribution in [1.29, 1.82) is 0 Å². The Labute approximate surface area is 147 Å². The summed E-state index contributed by atoms with van der Waals surface area (Å²) < 4.78 is 11.2. The number of nitrogens with zero attached hydrogens (tertiary/aromatic N) is 1. The maximum absolute atomic E-state index is 12.1. The largest absolute Gasteiger partial charge is 0.494 e. The quantitative estimate of drug-likeness (QED) is 0.737. The van der Waals surface area contributed by atoms with E-state index in [1.165, 1.54) is 0 Å². The Morgan fingerprint density at radius 2 is 2.08 bits per heavy atom. The first-order valence-electron chi connectivity index (χ1n) is 8.31. The van der Waals surface area contributed by atoms with Crippen LogP contribution in [-0.4, -0.2) is 17.5 Å². The average Bonchev–Trinajstić information content (AvgIpc) is 3.04. The molecular weight excluding hydrogens is 318 g/mol. The van der Waals surface area contributed by atoms with Crippen molar-refractivity contribution in [3.63, 3.8) is 0 Å². The zero-order valence-corrected chi connectivity index (χ0v) is 14.7. The van der Waals surface area contributed by atoms with E-state index in [2.05, 4.69) is 10.3 Å². The molecule has 1 amide bonds. The van der Waals surface area contributed by atoms with Crippen molar-refractivity contribution < 1.29 is 13.9 Å². The van der Waals surface area contributed by atoms with E-state index in [1.54, 1.807) is 18.3 Å². The van der Waals surface area contributed by atoms with Crippen molar-refractivity contribution in [3.05, 3.63) is 53.9 Å². The van der Waals surface area contributed by atoms with Crippen LogP contribution in [-0.2, 0) is 6.54 Å². The first kappa shape index (κ1) is 18.3. The van der Waals surface area contributed by atoms with E-state index in [9.17, 15) is 4.79 Å². The number of hydrogen-bond donors (Lipinski definition) is 2. The molecule has 0 aliphatic heterocycles. The van der Waals surface area contributed by atoms with Gasteiger partial charge in [-0.05, 0) is 37.3 Å². The van der Waals surface area contributed by atoms with Crippen LogP contribution < -0.4 is 15.8 Å². The SMILES string of the molecule is CC.CCOc1ccc2cc(CNC(=O)c3cccnc3N)oc2c1. The average molecular weight is 341 g/mol. The molecule has 0 atom stereocenters. The fraction of sp³-hybridized carbons (Fsp3) is 0.263. The molecule has 3 aromatic rings. The zero-order chi connectivity index (χ0) is 18.2. The predicted octanol–water partition coefficient (Wildman–Crippen LogP) is 3.76. The summed E-state index contributed by atoms with van der Waals surface area (Å²) in [6.45, 7) is 6.80. The monoisotopic (exact) mass is 341 g/mol. The van der Waals surface area contributed by atoms with Gasteiger partial charge in [0.2, 0.25) is 0 Å². The lowest BCUT2D eigenvalue weighted by atomic mass is 10.2. The first-order chi connectivity index (χ1) is 12.2. The van der Waals surface area contributed by atoms with Crippen molar-refractivity contribution >= 4 is 22.7 Å². The summed E-state index contributed by atoms with van der Waals surface area (Å²) in [6.07, 6.45) is 1.54. The molecule has 0 spiro atoms. The predicted molar refractivity (Wildman–Crippen MR) is 98.6 cm³/mol. The number of furan rings is 1. The third-order valence-electron chi connectivity index (χ3n) is 3.36. The number of pyridine rings is 1. The van der Waals surface area contributed by atoms with E-state index >= 15 is 0 Å². The van der Waals surface area contributed by atoms with Crippen molar-refractivity contribution in [1.82, 2.24) is 10.3 Å². The topological polar surface area (TPSA) is 90.4 Å². The number of fused-ring (bicyclic) bond motifs is 1. The third-order valence-corrected chi connectivity index (χ3v) is 3.36. The summed E-state index contributed by atoms with van der Waals surface area (Å²) in [5, 5.41) is 3.73. The van der Waals surface area contributed by atoms with Crippen LogP contribution in [0.2, 0.25) is 0 Å². The fourth-order valence-electron chi connectivity index (χ4n) is 2.28. The molecule has 3 rings (SSSR count). The van der Waals surface area contributed by atoms with Crippen LogP contribution >= 0.6 is 0 Å². The van der Waals surface area contributed by atoms with Gasteiger partial charge in [-0.25, -0.2) is 4.98 Å². The number of hydrogen-bond acceptors (Lipinski definition) is 5. The van der Waals surface area contributed by atoms with Gasteiger partial charge in [-0.3, -0.25) is 4.79 Å². The van der Waals surface area contributed by atoms with E-state index in [0.29, 0.717) is 17.9 Å². The van der Waals surface area contributed by atoms with Crippen LogP contribution in [0.4, 0.5) is 5.82 Å². The molecular formula is C19H23N3O3. The number of benzene rings is 1. The highest BCUT2D eigenvalue weighted by atomic mass is 16.5. The molecule has 0 saturated carbocycles. The van der Waals surface area contributed by atoms with Crippen LogP contribution in [0.25, 0.3) is 11.0 Å². The molecule has 2 heterocycles. The third kappa shape index (κ3) is 4.50. The van der Waals surface area contributed by atoms with E-state index in [4.69, 9.17) is 14.9 Å². The van der Waals surface area contributed by atoms with Crippen LogP contribution in [0.3, 0.4) is 0 Å². The second kappa shape index (κ2) is 8.73. The lowest BCUT2D eigenvalue weighted by Gasteiger charge is -2.04. The minimum atomic E-state index is -0.286. The number of aromatic nitrogens is 1. The molecule has 0 unspecified atom stereocenters. The Morgan fingerprint density at radius 3 is 2.80 bits per heavy atom. The highest BCUT2D eigenvalue weighted by Gasteiger charge is 2.11. The molecule has 0 bridgehead atoms. The van der Waals surface area contributed by atoms with E-state index in [-0.39, 0.29) is 18.3 Å². The van der Waals surface area contributed by atoms with E-state index < -0.39 is 0 Å². The number of carbonyl (C=O) groups excluding carboxylic acids is 1. The highest BCUT2D eigenvalue weighted by molar-refractivity contribution is 5.98. The Morgan fingerprint density at radius 1 is 1.28 bits per heavy atom. The van der Waals surface area contributed by atoms with Crippen molar-refractivity contribution in [2.24, 2.45) is 0 Å². The zero-order valence-electron chi connectivity index (χ0n) is 14.7. The van der Waals surface area contributed by atoms with Crippen molar-refractivity contribution in [2.75, 3.05) is 12.3 Å². The molecule has 0 radical (unpaired) electrons. The summed E-state index contributed by atoms with van der Waals surface area (Å²) in [5.41, 5.74) is 6.76. The first-order valence-corrected chi connectivity index (χ1v) is 8.31. The number of nitrogen functional groups attached to an aromatic ring is 1. The fourth-order valence-corrected chi connectivity index (χ4v) is 2.28. The molecule has 25 heavy (non-hydrogen) atoms. The molecule has 132 valence electrons. The number of nitrogens with two attached hydrogens (primary N) is 1. The number of rotatable bonds is 5. The smallest absolute Gasteiger partial charge is 0.255 e. The van der Waals surface area contributed by atoms with Gasteiger partial charge in [0.05, 0.1) is 18.7 Å². The molecule has 0 aliphatic rings. The number of ether oxygens (including phenoxy) is 1. The van der Waals surface area contributed by atoms with Crippen molar-refractivity contribution in [3.8, 4) is 5.75 Å². The summed E-state index contributed by atoms with van der Waals surface area (Å²) in [4.78, 5) is 16.0. The van der Waals surface area contributed by atoms with Gasteiger partial charge in [-0.2, -0.15) is 0 Å². The van der Waals surface area contributed by atoms with Crippen LogP contribution in [0.1, 0.15) is 36.9 Å². The Bertz CT molecular complexity index is 843. The molecule has 1 aromatic carbocycles. The maximum atomic E-state index is 12.1. The Balaban J connectivity index is 0.00000109. The number of amides is 1. The van der Waals surface area contributed by atoms with Crippen molar-refractivity contribution in [2.45, 2.75) is 27.3 Å². The van der Waals surface area contributed by atoms with Gasteiger partial charge in [0.15, 0.2) is 0 Å². The van der Waals surface area contributed by atoms with Gasteiger partial charge in [0.1, 0.15) is 22.9 Å². The van der Waals surface area contributed by atoms with Crippen LogP contribution in [0, 0.1) is 0 Å². The minimum absolute atomic E-state index is 0.205. The molecule has 0 saturated heterocycles. The highest BCUT2D eigenvalue weighted by Crippen LogP contribution is 2.24. The minimum Gasteiger partial charge on any atom is -0.494 e. The molecule has 0 aliphatic carbocycles. The number of carbonyl (C=O) groups is 1. The summed E-state index contributed by atoms with van der Waals surface area (Å²) in [6, 6.07) is 10.8. The Kier molecular flexibility index (Phi) is 6.39. The van der Waals surface area contributed by atoms with Gasteiger partial charge in [0.25, 0.3) is 5.91 Å².